The van der Waals surface area contributed by atoms with Crippen LogP contribution in [0.15, 0.2) is 54.7 Å². The van der Waals surface area contributed by atoms with E-state index in [1.165, 1.54) is 22.0 Å². The number of nitrogens with two attached hydrogens (primary N) is 1. The van der Waals surface area contributed by atoms with E-state index in [0.29, 0.717) is 4.99 Å². The van der Waals surface area contributed by atoms with E-state index < -0.39 is 0 Å². The van der Waals surface area contributed by atoms with Crippen molar-refractivity contribution in [2.45, 2.75) is 13.5 Å². The molecule has 1 aromatic heterocycles. The molecule has 0 radical (unpaired) electrons. The number of rotatable bonds is 3. The molecule has 3 rings (SSSR count). The Morgan fingerprint density at radius 1 is 1.15 bits per heavy atom. The first kappa shape index (κ1) is 12.9. The fraction of sp³-hybridized carbons (Fsp3) is 0.118. The van der Waals surface area contributed by atoms with Gasteiger partial charge in [-0.2, -0.15) is 0 Å². The second-order valence-corrected chi connectivity index (χ2v) is 5.51. The Balaban J connectivity index is 1.98. The fourth-order valence-corrected chi connectivity index (χ4v) is 2.63. The van der Waals surface area contributed by atoms with Crippen LogP contribution >= 0.6 is 12.2 Å². The number of nitrogens with zero attached hydrogens (tertiary/aromatic N) is 1. The topological polar surface area (TPSA) is 30.9 Å². The Bertz CT molecular complexity index is 787. The number of aromatic nitrogens is 1. The lowest BCUT2D eigenvalue weighted by molar-refractivity contribution is 0.836. The zero-order valence-corrected chi connectivity index (χ0v) is 12.2. The maximum absolute atomic E-state index is 5.68. The molecule has 0 aliphatic carbocycles. The fourth-order valence-electron chi connectivity index (χ4n) is 2.50. The summed E-state index contributed by atoms with van der Waals surface area (Å²) in [5.74, 6) is 0. The SMILES string of the molecule is Cc1cccc(Cn2ccc3cc(C(N)=S)ccc32)c1. The molecule has 20 heavy (non-hydrogen) atoms. The average molecular weight is 280 g/mol. The molecule has 0 atom stereocenters. The first-order chi connectivity index (χ1) is 9.63. The molecule has 2 N–H and O–H groups in total. The summed E-state index contributed by atoms with van der Waals surface area (Å²) in [4.78, 5) is 0.443. The van der Waals surface area contributed by atoms with Crippen molar-refractivity contribution >= 4 is 28.1 Å². The minimum absolute atomic E-state index is 0.443. The highest BCUT2D eigenvalue weighted by Crippen LogP contribution is 2.19. The number of hydrogen-bond acceptors (Lipinski definition) is 1. The molecule has 0 spiro atoms. The highest BCUT2D eigenvalue weighted by atomic mass is 32.1. The van der Waals surface area contributed by atoms with Crippen LogP contribution < -0.4 is 5.73 Å². The minimum atomic E-state index is 0.443. The van der Waals surface area contributed by atoms with Gasteiger partial charge in [-0.1, -0.05) is 42.0 Å². The summed E-state index contributed by atoms with van der Waals surface area (Å²) in [6.07, 6.45) is 2.11. The molecule has 3 heteroatoms. The molecular weight excluding hydrogens is 264 g/mol. The van der Waals surface area contributed by atoms with Gasteiger partial charge in [0.2, 0.25) is 0 Å². The Hall–Kier alpha value is -2.13. The first-order valence-corrected chi connectivity index (χ1v) is 6.98. The van der Waals surface area contributed by atoms with Crippen LogP contribution in [0.5, 0.6) is 0 Å². The van der Waals surface area contributed by atoms with Gasteiger partial charge in [0.15, 0.2) is 0 Å². The van der Waals surface area contributed by atoms with E-state index >= 15 is 0 Å². The van der Waals surface area contributed by atoms with Gasteiger partial charge in [0.05, 0.1) is 0 Å². The summed E-state index contributed by atoms with van der Waals surface area (Å²) in [6, 6.07) is 16.8. The average Bonchev–Trinajstić information content (AvgIpc) is 2.81. The quantitative estimate of drug-likeness (QED) is 0.743. The molecule has 0 unspecified atom stereocenters. The third-order valence-corrected chi connectivity index (χ3v) is 3.73. The monoisotopic (exact) mass is 280 g/mol. The van der Waals surface area contributed by atoms with Gasteiger partial charge < -0.3 is 10.3 Å². The molecule has 100 valence electrons. The van der Waals surface area contributed by atoms with Crippen LogP contribution in [0.2, 0.25) is 0 Å². The van der Waals surface area contributed by atoms with E-state index in [-0.39, 0.29) is 0 Å². The Labute approximate surface area is 123 Å². The van der Waals surface area contributed by atoms with Gasteiger partial charge in [-0.25, -0.2) is 0 Å². The highest BCUT2D eigenvalue weighted by molar-refractivity contribution is 7.80. The van der Waals surface area contributed by atoms with Crippen LogP contribution in [0.1, 0.15) is 16.7 Å². The molecule has 3 aromatic rings. The van der Waals surface area contributed by atoms with Crippen molar-refractivity contribution < 1.29 is 0 Å². The summed E-state index contributed by atoms with van der Waals surface area (Å²) >= 11 is 5.02. The van der Waals surface area contributed by atoms with Gasteiger partial charge in [0.1, 0.15) is 4.99 Å². The standard InChI is InChI=1S/C17H16N2S/c1-12-3-2-4-13(9-12)11-19-8-7-14-10-15(17(18)20)5-6-16(14)19/h2-10H,11H2,1H3,(H2,18,20). The molecule has 0 saturated carbocycles. The third kappa shape index (κ3) is 2.45. The third-order valence-electron chi connectivity index (χ3n) is 3.49. The molecule has 1 heterocycles. The summed E-state index contributed by atoms with van der Waals surface area (Å²) < 4.78 is 2.24. The van der Waals surface area contributed by atoms with Gasteiger partial charge in [-0.05, 0) is 36.8 Å². The van der Waals surface area contributed by atoms with E-state index in [9.17, 15) is 0 Å². The molecule has 2 nitrogen and oxygen atoms in total. The van der Waals surface area contributed by atoms with Crippen molar-refractivity contribution in [2.24, 2.45) is 5.73 Å². The van der Waals surface area contributed by atoms with Gasteiger partial charge in [0.25, 0.3) is 0 Å². The van der Waals surface area contributed by atoms with Crippen LogP contribution in [-0.4, -0.2) is 9.56 Å². The lowest BCUT2D eigenvalue weighted by Gasteiger charge is -2.07. The zero-order valence-electron chi connectivity index (χ0n) is 11.3. The van der Waals surface area contributed by atoms with Crippen molar-refractivity contribution in [1.82, 2.24) is 4.57 Å². The summed E-state index contributed by atoms with van der Waals surface area (Å²) in [5.41, 5.74) is 10.4. The number of thiocarbonyl (C=S) groups is 1. The van der Waals surface area contributed by atoms with E-state index in [1.807, 2.05) is 12.1 Å². The lowest BCUT2D eigenvalue weighted by atomic mass is 10.1. The number of fused-ring (bicyclic) bond motifs is 1. The Kier molecular flexibility index (Phi) is 3.28. The predicted molar refractivity (Wildman–Crippen MR) is 88.1 cm³/mol. The number of hydrogen-bond donors (Lipinski definition) is 1. The van der Waals surface area contributed by atoms with Gasteiger partial charge in [-0.3, -0.25) is 0 Å². The molecule has 0 amide bonds. The van der Waals surface area contributed by atoms with Crippen molar-refractivity contribution in [2.75, 3.05) is 0 Å². The molecule has 0 aliphatic heterocycles. The second-order valence-electron chi connectivity index (χ2n) is 5.07. The Morgan fingerprint density at radius 2 is 2.00 bits per heavy atom. The van der Waals surface area contributed by atoms with Gasteiger partial charge >= 0.3 is 0 Å². The maximum Gasteiger partial charge on any atom is 0.104 e. The normalized spacial score (nSPS) is 10.8. The van der Waals surface area contributed by atoms with E-state index in [2.05, 4.69) is 54.1 Å². The van der Waals surface area contributed by atoms with Crippen LogP contribution in [0.25, 0.3) is 10.9 Å². The summed E-state index contributed by atoms with van der Waals surface area (Å²) in [6.45, 7) is 2.99. The van der Waals surface area contributed by atoms with Crippen LogP contribution in [-0.2, 0) is 6.54 Å². The highest BCUT2D eigenvalue weighted by Gasteiger charge is 2.04. The van der Waals surface area contributed by atoms with Crippen LogP contribution in [0.4, 0.5) is 0 Å². The molecule has 0 fully saturated rings. The van der Waals surface area contributed by atoms with E-state index in [0.717, 1.165) is 12.1 Å². The smallest absolute Gasteiger partial charge is 0.104 e. The number of aryl methyl sites for hydroxylation is 1. The van der Waals surface area contributed by atoms with Crippen molar-refractivity contribution in [1.29, 1.82) is 0 Å². The predicted octanol–water partition coefficient (Wildman–Crippen LogP) is 3.63. The van der Waals surface area contributed by atoms with Crippen molar-refractivity contribution in [3.63, 3.8) is 0 Å². The lowest BCUT2D eigenvalue weighted by Crippen LogP contribution is -2.08. The number of benzene rings is 2. The second kappa shape index (κ2) is 5.10. The maximum atomic E-state index is 5.68. The molecule has 0 aliphatic rings. The molecule has 0 bridgehead atoms. The first-order valence-electron chi connectivity index (χ1n) is 6.58. The van der Waals surface area contributed by atoms with Gasteiger partial charge in [0, 0.05) is 29.2 Å². The Morgan fingerprint density at radius 3 is 2.75 bits per heavy atom. The van der Waals surface area contributed by atoms with Crippen molar-refractivity contribution in [3.05, 3.63) is 71.4 Å². The summed E-state index contributed by atoms with van der Waals surface area (Å²) in [7, 11) is 0. The summed E-state index contributed by atoms with van der Waals surface area (Å²) in [5, 5.41) is 1.17. The van der Waals surface area contributed by atoms with Crippen LogP contribution in [0, 0.1) is 6.92 Å². The van der Waals surface area contributed by atoms with Crippen molar-refractivity contribution in [3.8, 4) is 0 Å². The molecular formula is C17H16N2S. The van der Waals surface area contributed by atoms with E-state index in [4.69, 9.17) is 18.0 Å². The molecule has 0 saturated heterocycles. The molecule has 2 aromatic carbocycles. The van der Waals surface area contributed by atoms with Crippen LogP contribution in [0.3, 0.4) is 0 Å². The zero-order chi connectivity index (χ0) is 14.1. The largest absolute Gasteiger partial charge is 0.389 e. The minimum Gasteiger partial charge on any atom is -0.389 e. The van der Waals surface area contributed by atoms with Gasteiger partial charge in [-0.15, -0.1) is 0 Å². The van der Waals surface area contributed by atoms with E-state index in [1.54, 1.807) is 0 Å².